The Morgan fingerprint density at radius 2 is 1.96 bits per heavy atom. The Bertz CT molecular complexity index is 757. The molecule has 0 radical (unpaired) electrons. The van der Waals surface area contributed by atoms with Crippen LogP contribution >= 0.6 is 0 Å². The molecule has 1 aromatic heterocycles. The summed E-state index contributed by atoms with van der Waals surface area (Å²) in [6.45, 7) is 9.66. The Balaban J connectivity index is 1.62. The molecule has 5 heteroatoms. The summed E-state index contributed by atoms with van der Waals surface area (Å²) in [7, 11) is 1.65. The zero-order valence-electron chi connectivity index (χ0n) is 17.5. The zero-order valence-corrected chi connectivity index (χ0v) is 17.5. The van der Waals surface area contributed by atoms with Crippen molar-refractivity contribution < 1.29 is 9.84 Å². The number of hydrogen-bond acceptors (Lipinski definition) is 4. The Morgan fingerprint density at radius 1 is 1.22 bits per heavy atom. The fourth-order valence-corrected chi connectivity index (χ4v) is 4.46. The molecule has 1 saturated carbocycles. The molecule has 1 aromatic carbocycles. The molecule has 0 bridgehead atoms. The summed E-state index contributed by atoms with van der Waals surface area (Å²) in [6.07, 6.45) is 5.57. The van der Waals surface area contributed by atoms with Gasteiger partial charge < -0.3 is 9.84 Å². The Morgan fingerprint density at radius 3 is 2.67 bits per heavy atom. The predicted octanol–water partition coefficient (Wildman–Crippen LogP) is 4.68. The minimum atomic E-state index is -0.427. The van der Waals surface area contributed by atoms with Gasteiger partial charge in [-0.05, 0) is 54.6 Å². The average Bonchev–Trinajstić information content (AvgIpc) is 3.22. The molecular weight excluding hydrogens is 338 g/mol. The van der Waals surface area contributed by atoms with Gasteiger partial charge in [0.25, 0.3) is 0 Å². The van der Waals surface area contributed by atoms with Crippen molar-refractivity contribution in [3.63, 3.8) is 0 Å². The van der Waals surface area contributed by atoms with Gasteiger partial charge >= 0.3 is 0 Å². The van der Waals surface area contributed by atoms with Crippen LogP contribution in [0.5, 0.6) is 5.75 Å². The van der Waals surface area contributed by atoms with Crippen molar-refractivity contribution in [2.45, 2.75) is 72.4 Å². The predicted molar refractivity (Wildman–Crippen MR) is 109 cm³/mol. The van der Waals surface area contributed by atoms with Gasteiger partial charge in [-0.1, -0.05) is 40.5 Å². The van der Waals surface area contributed by atoms with Crippen LogP contribution in [0.3, 0.4) is 0 Å². The molecule has 1 fully saturated rings. The molecule has 1 aliphatic carbocycles. The summed E-state index contributed by atoms with van der Waals surface area (Å²) in [4.78, 5) is 1.65. The van der Waals surface area contributed by atoms with E-state index in [9.17, 15) is 5.11 Å². The van der Waals surface area contributed by atoms with Crippen LogP contribution in [-0.2, 0) is 6.54 Å². The van der Waals surface area contributed by atoms with Gasteiger partial charge in [0.2, 0.25) is 0 Å². The quantitative estimate of drug-likeness (QED) is 0.730. The lowest BCUT2D eigenvalue weighted by Gasteiger charge is -2.31. The molecule has 0 spiro atoms. The van der Waals surface area contributed by atoms with Gasteiger partial charge in [-0.2, -0.15) is 15.0 Å². The summed E-state index contributed by atoms with van der Waals surface area (Å²) in [5, 5.41) is 20.0. The maximum atomic E-state index is 11.0. The molecule has 1 heterocycles. The molecule has 0 saturated heterocycles. The Kier molecular flexibility index (Phi) is 6.09. The van der Waals surface area contributed by atoms with E-state index in [0.29, 0.717) is 6.54 Å². The van der Waals surface area contributed by atoms with Crippen molar-refractivity contribution in [2.24, 2.45) is 23.2 Å². The smallest absolute Gasteiger partial charge is 0.121 e. The summed E-state index contributed by atoms with van der Waals surface area (Å²) in [5.41, 5.74) is 1.59. The molecule has 4 atom stereocenters. The number of rotatable bonds is 8. The molecule has 5 nitrogen and oxygen atoms in total. The third-order valence-corrected chi connectivity index (χ3v) is 6.59. The van der Waals surface area contributed by atoms with Gasteiger partial charge in [0, 0.05) is 6.07 Å². The van der Waals surface area contributed by atoms with E-state index < -0.39 is 6.10 Å². The standard InChI is InChI=1S/C22H35N3O2/c1-15(2)6-7-16(3)17-10-11-22(4,13-17)21(26)14-25-23-19-9-8-18(27-5)12-20(19)24-25/h8-9,12,15-17,21,26H,6-7,10-11,13-14H2,1-5H3/t16-,17+,21?,22?/m0/s1. The molecule has 1 N–H and O–H groups in total. The van der Waals surface area contributed by atoms with Crippen LogP contribution in [0, 0.1) is 23.2 Å². The highest BCUT2D eigenvalue weighted by Gasteiger charge is 2.42. The van der Waals surface area contributed by atoms with Crippen molar-refractivity contribution in [3.05, 3.63) is 18.2 Å². The lowest BCUT2D eigenvalue weighted by Crippen LogP contribution is -2.34. The monoisotopic (exact) mass is 373 g/mol. The third-order valence-electron chi connectivity index (χ3n) is 6.59. The summed E-state index contributed by atoms with van der Waals surface area (Å²) >= 11 is 0. The number of aromatic nitrogens is 3. The fourth-order valence-electron chi connectivity index (χ4n) is 4.46. The summed E-state index contributed by atoms with van der Waals surface area (Å²) < 4.78 is 5.25. The van der Waals surface area contributed by atoms with Crippen LogP contribution in [0.2, 0.25) is 0 Å². The van der Waals surface area contributed by atoms with Crippen molar-refractivity contribution in [1.82, 2.24) is 15.0 Å². The second-order valence-corrected chi connectivity index (χ2v) is 9.23. The Hall–Kier alpha value is -1.62. The van der Waals surface area contributed by atoms with E-state index in [1.807, 2.05) is 18.2 Å². The number of ether oxygens (including phenoxy) is 1. The number of benzene rings is 1. The molecule has 3 rings (SSSR count). The molecule has 2 unspecified atom stereocenters. The molecule has 27 heavy (non-hydrogen) atoms. The Labute approximate surface area is 163 Å². The van der Waals surface area contributed by atoms with Gasteiger partial charge in [0.1, 0.15) is 16.8 Å². The highest BCUT2D eigenvalue weighted by atomic mass is 16.5. The number of hydrogen-bond donors (Lipinski definition) is 1. The molecule has 0 amide bonds. The second kappa shape index (κ2) is 8.17. The number of nitrogens with zero attached hydrogens (tertiary/aromatic N) is 3. The van der Waals surface area contributed by atoms with Gasteiger partial charge in [-0.25, -0.2) is 0 Å². The van der Waals surface area contributed by atoms with E-state index in [-0.39, 0.29) is 5.41 Å². The van der Waals surface area contributed by atoms with E-state index >= 15 is 0 Å². The van der Waals surface area contributed by atoms with E-state index in [1.165, 1.54) is 19.3 Å². The van der Waals surface area contributed by atoms with Crippen LogP contribution in [-0.4, -0.2) is 33.3 Å². The van der Waals surface area contributed by atoms with Gasteiger partial charge in [-0.15, -0.1) is 0 Å². The van der Waals surface area contributed by atoms with Crippen molar-refractivity contribution in [3.8, 4) is 5.75 Å². The molecule has 0 aliphatic heterocycles. The van der Waals surface area contributed by atoms with Gasteiger partial charge in [-0.3, -0.25) is 0 Å². The largest absolute Gasteiger partial charge is 0.497 e. The summed E-state index contributed by atoms with van der Waals surface area (Å²) in [5.74, 6) is 3.00. The van der Waals surface area contributed by atoms with E-state index in [2.05, 4.69) is 37.9 Å². The van der Waals surface area contributed by atoms with Crippen LogP contribution in [0.15, 0.2) is 18.2 Å². The molecule has 150 valence electrons. The zero-order chi connectivity index (χ0) is 19.6. The minimum Gasteiger partial charge on any atom is -0.497 e. The van der Waals surface area contributed by atoms with Crippen molar-refractivity contribution >= 4 is 11.0 Å². The van der Waals surface area contributed by atoms with Gasteiger partial charge in [0.15, 0.2) is 0 Å². The second-order valence-electron chi connectivity index (χ2n) is 9.23. The minimum absolute atomic E-state index is 0.0474. The number of aliphatic hydroxyl groups excluding tert-OH is 1. The van der Waals surface area contributed by atoms with E-state index in [0.717, 1.165) is 47.4 Å². The number of aliphatic hydroxyl groups is 1. The van der Waals surface area contributed by atoms with Crippen molar-refractivity contribution in [2.75, 3.05) is 7.11 Å². The first-order valence-electron chi connectivity index (χ1n) is 10.4. The maximum Gasteiger partial charge on any atom is 0.121 e. The van der Waals surface area contributed by atoms with E-state index in [1.54, 1.807) is 11.9 Å². The van der Waals surface area contributed by atoms with Crippen LogP contribution in [0.1, 0.15) is 59.8 Å². The first-order chi connectivity index (χ1) is 12.8. The fraction of sp³-hybridized carbons (Fsp3) is 0.727. The average molecular weight is 374 g/mol. The highest BCUT2D eigenvalue weighted by molar-refractivity contribution is 5.75. The molecule has 2 aromatic rings. The van der Waals surface area contributed by atoms with Crippen LogP contribution in [0.25, 0.3) is 11.0 Å². The highest BCUT2D eigenvalue weighted by Crippen LogP contribution is 2.48. The van der Waals surface area contributed by atoms with Crippen molar-refractivity contribution in [1.29, 1.82) is 0 Å². The van der Waals surface area contributed by atoms with Crippen LogP contribution in [0.4, 0.5) is 0 Å². The number of fused-ring (bicyclic) bond motifs is 1. The lowest BCUT2D eigenvalue weighted by atomic mass is 9.79. The normalized spacial score (nSPS) is 25.2. The van der Waals surface area contributed by atoms with Gasteiger partial charge in [0.05, 0.1) is 19.8 Å². The first-order valence-corrected chi connectivity index (χ1v) is 10.4. The molecule has 1 aliphatic rings. The molecular formula is C22H35N3O2. The summed E-state index contributed by atoms with van der Waals surface area (Å²) in [6, 6.07) is 5.68. The number of methoxy groups -OCH3 is 1. The third kappa shape index (κ3) is 4.63. The topological polar surface area (TPSA) is 60.2 Å². The van der Waals surface area contributed by atoms with E-state index in [4.69, 9.17) is 4.74 Å². The first kappa shape index (κ1) is 20.1. The maximum absolute atomic E-state index is 11.0. The van der Waals surface area contributed by atoms with Crippen LogP contribution < -0.4 is 4.74 Å². The SMILES string of the molecule is COc1ccc2nn(CC(O)C3(C)CC[C@@H]([C@@H](C)CCC(C)C)C3)nc2c1. The lowest BCUT2D eigenvalue weighted by molar-refractivity contribution is 0.0180.